The molecule has 0 saturated carbocycles. The number of likely N-dealkylation sites (tertiary alicyclic amines) is 1. The molecule has 0 aromatic heterocycles. The van der Waals surface area contributed by atoms with Crippen LogP contribution in [-0.2, 0) is 15.4 Å². The molecule has 2 heterocycles. The van der Waals surface area contributed by atoms with Crippen LogP contribution in [0.15, 0.2) is 53.7 Å². The van der Waals surface area contributed by atoms with Crippen molar-refractivity contribution in [2.75, 3.05) is 20.2 Å². The molecule has 2 aliphatic rings. The molecule has 2 aliphatic heterocycles. The van der Waals surface area contributed by atoms with E-state index in [-0.39, 0.29) is 17.9 Å². The molecule has 2 aromatic rings. The number of carbonyl (C=O) groups is 1. The Bertz CT molecular complexity index is 956. The van der Waals surface area contributed by atoms with Crippen molar-refractivity contribution in [1.82, 2.24) is 4.90 Å². The fraction of sp³-hybridized carbons (Fsp3) is 0.440. The van der Waals surface area contributed by atoms with Crippen LogP contribution in [0.1, 0.15) is 44.2 Å². The first-order valence-electron chi connectivity index (χ1n) is 11.1. The van der Waals surface area contributed by atoms with Crippen LogP contribution in [0.25, 0.3) is 0 Å². The van der Waals surface area contributed by atoms with Gasteiger partial charge < -0.3 is 24.9 Å². The van der Waals surface area contributed by atoms with Gasteiger partial charge in [-0.25, -0.2) is 0 Å². The quantitative estimate of drug-likeness (QED) is 0.528. The van der Waals surface area contributed by atoms with Crippen molar-refractivity contribution >= 4 is 11.6 Å². The maximum atomic E-state index is 11.3. The van der Waals surface area contributed by atoms with Crippen LogP contribution < -0.4 is 15.2 Å². The molecule has 2 N–H and O–H groups in total. The molecule has 4 rings (SSSR count). The molecule has 170 valence electrons. The van der Waals surface area contributed by atoms with E-state index in [1.54, 1.807) is 7.11 Å². The summed E-state index contributed by atoms with van der Waals surface area (Å²) in [6.45, 7) is 5.70. The lowest BCUT2D eigenvalue weighted by atomic mass is 9.83. The van der Waals surface area contributed by atoms with Gasteiger partial charge in [0.25, 0.3) is 5.79 Å². The van der Waals surface area contributed by atoms with Gasteiger partial charge in [0, 0.05) is 23.9 Å². The number of primary amides is 1. The maximum Gasteiger partial charge on any atom is 0.281 e. The molecule has 0 aliphatic carbocycles. The number of rotatable bonds is 7. The summed E-state index contributed by atoms with van der Waals surface area (Å²) in [5.41, 5.74) is 8.17. The van der Waals surface area contributed by atoms with Crippen LogP contribution in [0.2, 0.25) is 0 Å². The van der Waals surface area contributed by atoms with Gasteiger partial charge in [0.05, 0.1) is 5.71 Å². The molecule has 1 atom stereocenters. The largest absolute Gasteiger partial charge is 0.444 e. The normalized spacial score (nSPS) is 19.5. The van der Waals surface area contributed by atoms with Crippen LogP contribution in [0, 0.1) is 5.92 Å². The molecule has 0 spiro atoms. The zero-order valence-electron chi connectivity index (χ0n) is 18.9. The number of hydrogen-bond acceptors (Lipinski definition) is 6. The summed E-state index contributed by atoms with van der Waals surface area (Å²) in [5.74, 6) is 0.539. The van der Waals surface area contributed by atoms with Crippen molar-refractivity contribution in [3.05, 3.63) is 59.7 Å². The molecule has 32 heavy (non-hydrogen) atoms. The lowest BCUT2D eigenvalue weighted by Gasteiger charge is -2.42. The molecule has 0 radical (unpaired) electrons. The number of nitrogens with two attached hydrogens (primary N) is 1. The van der Waals surface area contributed by atoms with E-state index < -0.39 is 5.79 Å². The van der Waals surface area contributed by atoms with Crippen LogP contribution in [-0.4, -0.2) is 42.8 Å². The Hall–Kier alpha value is -3.06. The number of hydrogen-bond donors (Lipinski definition) is 1. The number of nitrogens with zero attached hydrogens (tertiary/aromatic N) is 2. The lowest BCUT2D eigenvalue weighted by molar-refractivity contribution is -0.150. The van der Waals surface area contributed by atoms with Crippen molar-refractivity contribution in [3.63, 3.8) is 0 Å². The summed E-state index contributed by atoms with van der Waals surface area (Å²) in [4.78, 5) is 18.6. The monoisotopic (exact) mass is 437 g/mol. The van der Waals surface area contributed by atoms with Gasteiger partial charge in [-0.3, -0.25) is 4.79 Å². The molecule has 7 heteroatoms. The third-order valence-corrected chi connectivity index (χ3v) is 6.49. The molecule has 0 bridgehead atoms. The minimum Gasteiger partial charge on any atom is -0.444 e. The summed E-state index contributed by atoms with van der Waals surface area (Å²) in [6, 6.07) is 16.1. The maximum absolute atomic E-state index is 11.3. The fourth-order valence-electron chi connectivity index (χ4n) is 4.76. The standard InChI is InChI=1S/C25H31N3O4/c1-17(16-24(26)29)28-14-12-21(13-15-28)25(31-22-6-4-5-7-23(22)32-25)20-10-8-19(9-11-20)18(2)27-30-3/h4-11,17,21H,12-16H2,1-3H3,(H2,26,29). The summed E-state index contributed by atoms with van der Waals surface area (Å²) < 4.78 is 13.1. The zero-order chi connectivity index (χ0) is 22.7. The summed E-state index contributed by atoms with van der Waals surface area (Å²) in [6.07, 6.45) is 2.16. The van der Waals surface area contributed by atoms with E-state index in [4.69, 9.17) is 20.0 Å². The Kier molecular flexibility index (Phi) is 6.37. The number of fused-ring (bicyclic) bond motifs is 1. The van der Waals surface area contributed by atoms with Crippen LogP contribution in [0.4, 0.5) is 0 Å². The first-order valence-corrected chi connectivity index (χ1v) is 11.1. The van der Waals surface area contributed by atoms with Gasteiger partial charge in [0.15, 0.2) is 11.5 Å². The number of oxime groups is 1. The number of ether oxygens (including phenoxy) is 2. The van der Waals surface area contributed by atoms with Gasteiger partial charge in [0.1, 0.15) is 7.11 Å². The van der Waals surface area contributed by atoms with E-state index in [2.05, 4.69) is 29.1 Å². The van der Waals surface area contributed by atoms with Crippen molar-refractivity contribution < 1.29 is 19.1 Å². The van der Waals surface area contributed by atoms with E-state index in [1.807, 2.05) is 43.3 Å². The van der Waals surface area contributed by atoms with Gasteiger partial charge in [-0.1, -0.05) is 41.6 Å². The SMILES string of the molecule is CON=C(C)c1ccc(C2(C3CCN(C(C)CC(N)=O)CC3)Oc3ccccc3O2)cc1. The Morgan fingerprint density at radius 1 is 1.16 bits per heavy atom. The summed E-state index contributed by atoms with van der Waals surface area (Å²) in [5, 5.41) is 4.02. The van der Waals surface area contributed by atoms with Gasteiger partial charge in [-0.15, -0.1) is 0 Å². The molecule has 1 unspecified atom stereocenters. The van der Waals surface area contributed by atoms with Crippen molar-refractivity contribution in [2.24, 2.45) is 16.8 Å². The van der Waals surface area contributed by atoms with Gasteiger partial charge in [-0.2, -0.15) is 0 Å². The minimum atomic E-state index is -0.881. The average Bonchev–Trinajstić information content (AvgIpc) is 3.20. The average molecular weight is 438 g/mol. The molecule has 7 nitrogen and oxygen atoms in total. The predicted octanol–water partition coefficient (Wildman–Crippen LogP) is 3.66. The first-order chi connectivity index (χ1) is 15.4. The fourth-order valence-corrected chi connectivity index (χ4v) is 4.76. The Labute approximate surface area is 189 Å². The second-order valence-electron chi connectivity index (χ2n) is 8.58. The van der Waals surface area contributed by atoms with Crippen LogP contribution in [0.5, 0.6) is 11.5 Å². The minimum absolute atomic E-state index is 0.134. The number of piperidine rings is 1. The number of para-hydroxylation sites is 2. The highest BCUT2D eigenvalue weighted by Crippen LogP contribution is 2.50. The number of amides is 1. The van der Waals surface area contributed by atoms with Crippen LogP contribution in [0.3, 0.4) is 0 Å². The topological polar surface area (TPSA) is 86.4 Å². The van der Waals surface area contributed by atoms with E-state index >= 15 is 0 Å². The highest BCUT2D eigenvalue weighted by molar-refractivity contribution is 5.98. The van der Waals surface area contributed by atoms with Gasteiger partial charge >= 0.3 is 0 Å². The number of benzene rings is 2. The Balaban J connectivity index is 1.60. The summed E-state index contributed by atoms with van der Waals surface area (Å²) >= 11 is 0. The second-order valence-corrected chi connectivity index (χ2v) is 8.58. The molecule has 2 aromatic carbocycles. The van der Waals surface area contributed by atoms with Gasteiger partial charge in [-0.05, 0) is 57.5 Å². The van der Waals surface area contributed by atoms with Gasteiger partial charge in [0.2, 0.25) is 5.91 Å². The van der Waals surface area contributed by atoms with E-state index in [0.717, 1.165) is 54.3 Å². The third-order valence-electron chi connectivity index (χ3n) is 6.49. The van der Waals surface area contributed by atoms with E-state index in [0.29, 0.717) is 6.42 Å². The van der Waals surface area contributed by atoms with Crippen molar-refractivity contribution in [2.45, 2.75) is 44.9 Å². The Morgan fingerprint density at radius 3 is 2.28 bits per heavy atom. The van der Waals surface area contributed by atoms with E-state index in [9.17, 15) is 4.79 Å². The lowest BCUT2D eigenvalue weighted by Crippen LogP contribution is -2.50. The molecular formula is C25H31N3O4. The molecule has 1 fully saturated rings. The smallest absolute Gasteiger partial charge is 0.281 e. The highest BCUT2D eigenvalue weighted by atomic mass is 16.7. The Morgan fingerprint density at radius 2 is 1.75 bits per heavy atom. The molecule has 1 amide bonds. The van der Waals surface area contributed by atoms with Crippen molar-refractivity contribution in [3.8, 4) is 11.5 Å². The first kappa shape index (κ1) is 22.1. The molecular weight excluding hydrogens is 406 g/mol. The number of carbonyl (C=O) groups excluding carboxylic acids is 1. The summed E-state index contributed by atoms with van der Waals surface area (Å²) in [7, 11) is 1.54. The zero-order valence-corrected chi connectivity index (χ0v) is 18.9. The third kappa shape index (κ3) is 4.30. The highest BCUT2D eigenvalue weighted by Gasteiger charge is 2.51. The predicted molar refractivity (Wildman–Crippen MR) is 123 cm³/mol. The van der Waals surface area contributed by atoms with E-state index in [1.165, 1.54) is 0 Å². The second kappa shape index (κ2) is 9.20. The van der Waals surface area contributed by atoms with Crippen molar-refractivity contribution in [1.29, 1.82) is 0 Å². The van der Waals surface area contributed by atoms with Crippen LogP contribution >= 0.6 is 0 Å². The molecule has 1 saturated heterocycles.